The van der Waals surface area contributed by atoms with E-state index in [0.717, 1.165) is 43.7 Å². The van der Waals surface area contributed by atoms with Crippen LogP contribution in [0.25, 0.3) is 0 Å². The largest absolute Gasteiger partial charge is 0.487 e. The number of likely N-dealkylation sites (tertiary alicyclic amines) is 1. The van der Waals surface area contributed by atoms with E-state index in [9.17, 15) is 5.11 Å². The van der Waals surface area contributed by atoms with Crippen LogP contribution in [0, 0.1) is 0 Å². The molecule has 18 heavy (non-hydrogen) atoms. The van der Waals surface area contributed by atoms with Crippen LogP contribution in [-0.2, 0) is 5.60 Å². The van der Waals surface area contributed by atoms with Gasteiger partial charge in [0.2, 0.25) is 0 Å². The molecule has 2 aliphatic rings. The predicted octanol–water partition coefficient (Wildman–Crippen LogP) is 2.40. The minimum Gasteiger partial charge on any atom is -0.487 e. The Morgan fingerprint density at radius 2 is 2.22 bits per heavy atom. The SMILES string of the molecule is CN1CCC(Oc2ccc(C3(O)CC3)cc2Cl)C1. The van der Waals surface area contributed by atoms with Crippen molar-refractivity contribution in [2.75, 3.05) is 20.1 Å². The number of hydrogen-bond acceptors (Lipinski definition) is 3. The van der Waals surface area contributed by atoms with Crippen molar-refractivity contribution in [2.45, 2.75) is 31.0 Å². The van der Waals surface area contributed by atoms with Crippen LogP contribution in [0.5, 0.6) is 5.75 Å². The first kappa shape index (κ1) is 12.3. The third kappa shape index (κ3) is 2.35. The highest BCUT2D eigenvalue weighted by Crippen LogP contribution is 2.46. The zero-order valence-electron chi connectivity index (χ0n) is 10.5. The van der Waals surface area contributed by atoms with Gasteiger partial charge in [-0.05, 0) is 44.0 Å². The average Bonchev–Trinajstić information content (AvgIpc) is 2.95. The van der Waals surface area contributed by atoms with Crippen LogP contribution in [0.3, 0.4) is 0 Å². The first-order valence-corrected chi connectivity index (χ1v) is 6.82. The molecule has 98 valence electrons. The summed E-state index contributed by atoms with van der Waals surface area (Å²) in [5.74, 6) is 0.727. The Labute approximate surface area is 112 Å². The van der Waals surface area contributed by atoms with E-state index >= 15 is 0 Å². The Balaban J connectivity index is 1.73. The van der Waals surface area contributed by atoms with Gasteiger partial charge in [-0.3, -0.25) is 0 Å². The van der Waals surface area contributed by atoms with Gasteiger partial charge in [0.05, 0.1) is 10.6 Å². The van der Waals surface area contributed by atoms with Crippen LogP contribution in [0.2, 0.25) is 5.02 Å². The molecule has 2 fully saturated rings. The molecule has 1 heterocycles. The first-order valence-electron chi connectivity index (χ1n) is 6.44. The molecule has 1 aliphatic heterocycles. The monoisotopic (exact) mass is 267 g/mol. The average molecular weight is 268 g/mol. The summed E-state index contributed by atoms with van der Waals surface area (Å²) >= 11 is 6.23. The van der Waals surface area contributed by atoms with Crippen molar-refractivity contribution in [1.29, 1.82) is 0 Å². The summed E-state index contributed by atoms with van der Waals surface area (Å²) in [6.45, 7) is 2.02. The number of ether oxygens (including phenoxy) is 1. The summed E-state index contributed by atoms with van der Waals surface area (Å²) in [7, 11) is 2.09. The van der Waals surface area contributed by atoms with Crippen molar-refractivity contribution < 1.29 is 9.84 Å². The predicted molar refractivity (Wildman–Crippen MR) is 71.1 cm³/mol. The van der Waals surface area contributed by atoms with Crippen molar-refractivity contribution in [2.24, 2.45) is 0 Å². The number of rotatable bonds is 3. The molecule has 1 saturated heterocycles. The lowest BCUT2D eigenvalue weighted by atomic mass is 10.1. The van der Waals surface area contributed by atoms with E-state index in [2.05, 4.69) is 11.9 Å². The van der Waals surface area contributed by atoms with Crippen molar-refractivity contribution in [3.05, 3.63) is 28.8 Å². The lowest BCUT2D eigenvalue weighted by Crippen LogP contribution is -2.21. The number of benzene rings is 1. The Morgan fingerprint density at radius 3 is 2.78 bits per heavy atom. The van der Waals surface area contributed by atoms with Crippen LogP contribution in [-0.4, -0.2) is 36.2 Å². The minimum atomic E-state index is -0.629. The van der Waals surface area contributed by atoms with E-state index in [1.165, 1.54) is 0 Å². The number of nitrogens with zero attached hydrogens (tertiary/aromatic N) is 1. The van der Waals surface area contributed by atoms with Crippen LogP contribution in [0.15, 0.2) is 18.2 Å². The maximum Gasteiger partial charge on any atom is 0.138 e. The molecule has 0 amide bonds. The second-order valence-corrected chi connectivity index (χ2v) is 5.87. The van der Waals surface area contributed by atoms with E-state index in [-0.39, 0.29) is 6.10 Å². The van der Waals surface area contributed by atoms with Crippen LogP contribution >= 0.6 is 11.6 Å². The van der Waals surface area contributed by atoms with Gasteiger partial charge in [-0.25, -0.2) is 0 Å². The van der Waals surface area contributed by atoms with Gasteiger partial charge in [0.1, 0.15) is 11.9 Å². The number of hydrogen-bond donors (Lipinski definition) is 1. The molecular weight excluding hydrogens is 250 g/mol. The van der Waals surface area contributed by atoms with Crippen LogP contribution < -0.4 is 4.74 Å². The fourth-order valence-electron chi connectivity index (χ4n) is 2.46. The summed E-state index contributed by atoms with van der Waals surface area (Å²) in [5, 5.41) is 10.6. The van der Waals surface area contributed by atoms with E-state index in [1.807, 2.05) is 18.2 Å². The van der Waals surface area contributed by atoms with Crippen LogP contribution in [0.4, 0.5) is 0 Å². The van der Waals surface area contributed by atoms with E-state index in [1.54, 1.807) is 0 Å². The second-order valence-electron chi connectivity index (χ2n) is 5.47. The molecule has 1 aromatic carbocycles. The van der Waals surface area contributed by atoms with Gasteiger partial charge in [0, 0.05) is 13.1 Å². The van der Waals surface area contributed by atoms with Gasteiger partial charge < -0.3 is 14.7 Å². The summed E-state index contributed by atoms with van der Waals surface area (Å²) in [5.41, 5.74) is 0.277. The van der Waals surface area contributed by atoms with Gasteiger partial charge >= 0.3 is 0 Å². The molecule has 1 unspecified atom stereocenters. The van der Waals surface area contributed by atoms with Gasteiger partial charge in [-0.15, -0.1) is 0 Å². The van der Waals surface area contributed by atoms with E-state index < -0.39 is 5.60 Å². The smallest absolute Gasteiger partial charge is 0.138 e. The Kier molecular flexibility index (Phi) is 3.00. The molecule has 1 N–H and O–H groups in total. The summed E-state index contributed by atoms with van der Waals surface area (Å²) in [6.07, 6.45) is 2.93. The number of likely N-dealkylation sites (N-methyl/N-ethyl adjacent to an activating group) is 1. The zero-order chi connectivity index (χ0) is 12.8. The van der Waals surface area contributed by atoms with Crippen molar-refractivity contribution in [3.63, 3.8) is 0 Å². The maximum absolute atomic E-state index is 10.0. The second kappa shape index (κ2) is 4.41. The normalized spacial score (nSPS) is 26.3. The number of aliphatic hydroxyl groups is 1. The van der Waals surface area contributed by atoms with Gasteiger partial charge in [-0.2, -0.15) is 0 Å². The third-order valence-corrected chi connectivity index (χ3v) is 4.13. The maximum atomic E-state index is 10.0. The molecule has 3 rings (SSSR count). The molecule has 1 aliphatic carbocycles. The van der Waals surface area contributed by atoms with Gasteiger partial charge in [-0.1, -0.05) is 17.7 Å². The quantitative estimate of drug-likeness (QED) is 0.913. The lowest BCUT2D eigenvalue weighted by Gasteiger charge is -2.16. The van der Waals surface area contributed by atoms with E-state index in [0.29, 0.717) is 5.02 Å². The standard InChI is InChI=1S/C14H18ClNO2/c1-16-7-4-11(9-16)18-13-3-2-10(8-12(13)15)14(17)5-6-14/h2-3,8,11,17H,4-7,9H2,1H3. The minimum absolute atomic E-state index is 0.224. The zero-order valence-corrected chi connectivity index (χ0v) is 11.3. The van der Waals surface area contributed by atoms with Crippen molar-refractivity contribution >= 4 is 11.6 Å². The third-order valence-electron chi connectivity index (χ3n) is 3.83. The topological polar surface area (TPSA) is 32.7 Å². The van der Waals surface area contributed by atoms with Gasteiger partial charge in [0.15, 0.2) is 0 Å². The lowest BCUT2D eigenvalue weighted by molar-refractivity contribution is 0.151. The number of halogens is 1. The highest BCUT2D eigenvalue weighted by Gasteiger charge is 2.42. The molecule has 0 bridgehead atoms. The molecule has 0 radical (unpaired) electrons. The highest BCUT2D eigenvalue weighted by atomic mass is 35.5. The van der Waals surface area contributed by atoms with Crippen molar-refractivity contribution in [1.82, 2.24) is 4.90 Å². The highest BCUT2D eigenvalue weighted by molar-refractivity contribution is 6.32. The molecule has 0 aromatic heterocycles. The Morgan fingerprint density at radius 1 is 1.44 bits per heavy atom. The molecule has 4 heteroatoms. The van der Waals surface area contributed by atoms with Crippen LogP contribution in [0.1, 0.15) is 24.8 Å². The molecule has 3 nitrogen and oxygen atoms in total. The Hall–Kier alpha value is -0.770. The summed E-state index contributed by atoms with van der Waals surface area (Å²) in [6, 6.07) is 5.64. The first-order chi connectivity index (χ1) is 8.57. The summed E-state index contributed by atoms with van der Waals surface area (Å²) < 4.78 is 5.91. The fourth-order valence-corrected chi connectivity index (χ4v) is 2.69. The molecule has 1 atom stereocenters. The Bertz CT molecular complexity index is 459. The molecule has 1 aromatic rings. The van der Waals surface area contributed by atoms with E-state index in [4.69, 9.17) is 16.3 Å². The van der Waals surface area contributed by atoms with Crippen molar-refractivity contribution in [3.8, 4) is 5.75 Å². The summed E-state index contributed by atoms with van der Waals surface area (Å²) in [4.78, 5) is 2.25. The molecular formula is C14H18ClNO2. The fraction of sp³-hybridized carbons (Fsp3) is 0.571. The van der Waals surface area contributed by atoms with Gasteiger partial charge in [0.25, 0.3) is 0 Å². The molecule has 1 saturated carbocycles. The molecule has 0 spiro atoms.